The van der Waals surface area contributed by atoms with Crippen LogP contribution in [0.1, 0.15) is 12.0 Å². The Morgan fingerprint density at radius 1 is 1.59 bits per heavy atom. The average Bonchev–Trinajstić information content (AvgIpc) is 2.40. The first kappa shape index (κ1) is 11.8. The minimum Gasteiger partial charge on any atom is -0.394 e. The second-order valence-corrected chi connectivity index (χ2v) is 3.76. The van der Waals surface area contributed by atoms with Crippen LogP contribution in [0.15, 0.2) is 24.5 Å². The zero-order valence-electron chi connectivity index (χ0n) is 9.71. The van der Waals surface area contributed by atoms with Gasteiger partial charge in [-0.05, 0) is 12.5 Å². The predicted molar refractivity (Wildman–Crippen MR) is 64.4 cm³/mol. The Hall–Kier alpha value is -1.68. The van der Waals surface area contributed by atoms with Crippen molar-refractivity contribution in [3.63, 3.8) is 0 Å². The van der Waals surface area contributed by atoms with Crippen molar-refractivity contribution in [3.8, 4) is 0 Å². The van der Waals surface area contributed by atoms with Crippen molar-refractivity contribution >= 4 is 11.9 Å². The van der Waals surface area contributed by atoms with Crippen LogP contribution in [0.2, 0.25) is 0 Å². The average molecular weight is 233 g/mol. The van der Waals surface area contributed by atoms with Gasteiger partial charge in [0.15, 0.2) is 0 Å². The summed E-state index contributed by atoms with van der Waals surface area (Å²) < 4.78 is 5.13. The summed E-state index contributed by atoms with van der Waals surface area (Å²) in [7, 11) is 1.60. The molecule has 5 nitrogen and oxygen atoms in total. The molecule has 0 aromatic carbocycles. The standard InChI is InChI=1S/C12H15N3O2/c1-17-11(8-16)4-6-15-5-2-3-10-7-13-9-14-12(10)15/h3,5,7,9,11,16H,4,6,8H2,1H3. The first-order valence-electron chi connectivity index (χ1n) is 5.48. The summed E-state index contributed by atoms with van der Waals surface area (Å²) in [5.74, 6) is 0.867. The van der Waals surface area contributed by atoms with Gasteiger partial charge in [-0.15, -0.1) is 5.73 Å². The van der Waals surface area contributed by atoms with E-state index in [0.717, 1.165) is 24.3 Å². The first-order valence-corrected chi connectivity index (χ1v) is 5.48. The molecule has 1 aliphatic rings. The van der Waals surface area contributed by atoms with Gasteiger partial charge in [-0.25, -0.2) is 9.97 Å². The molecule has 2 rings (SSSR count). The fourth-order valence-corrected chi connectivity index (χ4v) is 1.69. The number of rotatable bonds is 5. The van der Waals surface area contributed by atoms with Gasteiger partial charge in [0.1, 0.15) is 12.1 Å². The van der Waals surface area contributed by atoms with Crippen LogP contribution in [0.3, 0.4) is 0 Å². The molecule has 1 aromatic rings. The fourth-order valence-electron chi connectivity index (χ4n) is 1.69. The second kappa shape index (κ2) is 5.59. The van der Waals surface area contributed by atoms with Crippen molar-refractivity contribution < 1.29 is 9.84 Å². The Kier molecular flexibility index (Phi) is 3.88. The molecule has 5 heteroatoms. The lowest BCUT2D eigenvalue weighted by Gasteiger charge is -2.23. The van der Waals surface area contributed by atoms with Gasteiger partial charge in [-0.2, -0.15) is 0 Å². The summed E-state index contributed by atoms with van der Waals surface area (Å²) in [6.07, 6.45) is 7.58. The summed E-state index contributed by atoms with van der Waals surface area (Å²) in [5.41, 5.74) is 4.00. The molecule has 0 saturated heterocycles. The molecule has 0 bridgehead atoms. The Morgan fingerprint density at radius 3 is 3.24 bits per heavy atom. The highest BCUT2D eigenvalue weighted by atomic mass is 16.5. The van der Waals surface area contributed by atoms with Crippen LogP contribution in [0.25, 0.3) is 6.08 Å². The van der Waals surface area contributed by atoms with Gasteiger partial charge in [-0.1, -0.05) is 0 Å². The SMILES string of the molecule is COC(CO)CCN1C=C=Cc2cncnc21. The second-order valence-electron chi connectivity index (χ2n) is 3.76. The molecular weight excluding hydrogens is 218 g/mol. The van der Waals surface area contributed by atoms with E-state index in [0.29, 0.717) is 0 Å². The molecule has 1 unspecified atom stereocenters. The molecule has 0 aliphatic carbocycles. The molecule has 1 atom stereocenters. The summed E-state index contributed by atoms with van der Waals surface area (Å²) >= 11 is 0. The molecule has 0 radical (unpaired) electrons. The third-order valence-corrected chi connectivity index (χ3v) is 2.69. The van der Waals surface area contributed by atoms with E-state index in [2.05, 4.69) is 15.7 Å². The predicted octanol–water partition coefficient (Wildman–Crippen LogP) is 0.820. The summed E-state index contributed by atoms with van der Waals surface area (Å²) in [6, 6.07) is 0. The monoisotopic (exact) mass is 233 g/mol. The molecule has 1 aromatic heterocycles. The molecule has 1 N–H and O–H groups in total. The summed E-state index contributed by atoms with van der Waals surface area (Å²) in [6.45, 7) is 0.754. The van der Waals surface area contributed by atoms with E-state index < -0.39 is 0 Å². The molecule has 90 valence electrons. The third-order valence-electron chi connectivity index (χ3n) is 2.69. The van der Waals surface area contributed by atoms with E-state index in [1.54, 1.807) is 13.3 Å². The fraction of sp³-hybridized carbons (Fsp3) is 0.417. The van der Waals surface area contributed by atoms with Crippen molar-refractivity contribution in [2.75, 3.05) is 25.2 Å². The van der Waals surface area contributed by atoms with E-state index >= 15 is 0 Å². The molecule has 0 fully saturated rings. The number of fused-ring (bicyclic) bond motifs is 1. The Morgan fingerprint density at radius 2 is 2.47 bits per heavy atom. The van der Waals surface area contributed by atoms with Crippen LogP contribution in [0.5, 0.6) is 0 Å². The number of methoxy groups -OCH3 is 1. The maximum absolute atomic E-state index is 9.05. The molecule has 2 heterocycles. The number of aliphatic hydroxyl groups is 1. The molecule has 0 spiro atoms. The van der Waals surface area contributed by atoms with Crippen LogP contribution < -0.4 is 4.90 Å². The van der Waals surface area contributed by atoms with Crippen LogP contribution in [0, 0.1) is 0 Å². The zero-order valence-corrected chi connectivity index (χ0v) is 9.71. The zero-order chi connectivity index (χ0) is 12.1. The normalized spacial score (nSPS) is 14.8. The van der Waals surface area contributed by atoms with Gasteiger partial charge in [0.25, 0.3) is 0 Å². The maximum Gasteiger partial charge on any atom is 0.144 e. The van der Waals surface area contributed by atoms with E-state index in [-0.39, 0.29) is 12.7 Å². The number of ether oxygens (including phenoxy) is 1. The lowest BCUT2D eigenvalue weighted by Crippen LogP contribution is -2.26. The van der Waals surface area contributed by atoms with Gasteiger partial charge in [0, 0.05) is 31.6 Å². The minimum absolute atomic E-state index is 0.0283. The van der Waals surface area contributed by atoms with E-state index in [4.69, 9.17) is 9.84 Å². The van der Waals surface area contributed by atoms with Gasteiger partial charge >= 0.3 is 0 Å². The van der Waals surface area contributed by atoms with Crippen molar-refractivity contribution in [3.05, 3.63) is 30.0 Å². The van der Waals surface area contributed by atoms with Crippen molar-refractivity contribution in [1.29, 1.82) is 0 Å². The Bertz CT molecular complexity index is 437. The quantitative estimate of drug-likeness (QED) is 0.763. The lowest BCUT2D eigenvalue weighted by atomic mass is 10.2. The number of aliphatic hydroxyl groups excluding tert-OH is 1. The highest BCUT2D eigenvalue weighted by Crippen LogP contribution is 2.21. The molecule has 17 heavy (non-hydrogen) atoms. The Labute approximate surface area is 100 Å². The molecular formula is C12H15N3O2. The van der Waals surface area contributed by atoms with Gasteiger partial charge in [-0.3, -0.25) is 0 Å². The minimum atomic E-state index is -0.139. The number of anilines is 1. The van der Waals surface area contributed by atoms with Crippen LogP contribution in [-0.4, -0.2) is 41.4 Å². The first-order chi connectivity index (χ1) is 8.35. The van der Waals surface area contributed by atoms with Crippen LogP contribution in [0.4, 0.5) is 5.82 Å². The van der Waals surface area contributed by atoms with Crippen LogP contribution >= 0.6 is 0 Å². The van der Waals surface area contributed by atoms with Gasteiger partial charge in [0.2, 0.25) is 0 Å². The molecule has 0 amide bonds. The van der Waals surface area contributed by atoms with Gasteiger partial charge in [0.05, 0.1) is 12.7 Å². The van der Waals surface area contributed by atoms with Crippen molar-refractivity contribution in [1.82, 2.24) is 9.97 Å². The molecule has 1 aliphatic heterocycles. The van der Waals surface area contributed by atoms with E-state index in [1.807, 2.05) is 17.2 Å². The Balaban J connectivity index is 2.06. The topological polar surface area (TPSA) is 58.5 Å². The highest BCUT2D eigenvalue weighted by molar-refractivity contribution is 5.66. The van der Waals surface area contributed by atoms with Crippen molar-refractivity contribution in [2.45, 2.75) is 12.5 Å². The maximum atomic E-state index is 9.05. The largest absolute Gasteiger partial charge is 0.394 e. The smallest absolute Gasteiger partial charge is 0.144 e. The number of nitrogens with zero attached hydrogens (tertiary/aromatic N) is 3. The number of hydrogen-bond donors (Lipinski definition) is 1. The summed E-state index contributed by atoms with van der Waals surface area (Å²) in [5, 5.41) is 9.05. The number of hydrogen-bond acceptors (Lipinski definition) is 5. The van der Waals surface area contributed by atoms with Crippen molar-refractivity contribution in [2.24, 2.45) is 0 Å². The van der Waals surface area contributed by atoms with E-state index in [9.17, 15) is 0 Å². The lowest BCUT2D eigenvalue weighted by molar-refractivity contribution is 0.0449. The highest BCUT2D eigenvalue weighted by Gasteiger charge is 2.14. The summed E-state index contributed by atoms with van der Waals surface area (Å²) in [4.78, 5) is 10.2. The molecule has 0 saturated carbocycles. The van der Waals surface area contributed by atoms with Gasteiger partial charge < -0.3 is 14.7 Å². The number of aromatic nitrogens is 2. The van der Waals surface area contributed by atoms with Crippen LogP contribution in [-0.2, 0) is 4.74 Å². The van der Waals surface area contributed by atoms with E-state index in [1.165, 1.54) is 6.33 Å². The third kappa shape index (κ3) is 2.71.